The second kappa shape index (κ2) is 7.86. The van der Waals surface area contributed by atoms with Gasteiger partial charge in [0.05, 0.1) is 18.6 Å². The fourth-order valence-electron chi connectivity index (χ4n) is 4.15. The third-order valence-electron chi connectivity index (χ3n) is 5.59. The van der Waals surface area contributed by atoms with E-state index in [0.717, 1.165) is 4.31 Å². The summed E-state index contributed by atoms with van der Waals surface area (Å²) in [6.45, 7) is -0.0420. The second-order valence-electron chi connectivity index (χ2n) is 7.47. The lowest BCUT2D eigenvalue weighted by molar-refractivity contribution is -0.137. The van der Waals surface area contributed by atoms with Gasteiger partial charge in [-0.25, -0.2) is 12.8 Å². The van der Waals surface area contributed by atoms with E-state index in [9.17, 15) is 22.4 Å². The molecule has 0 radical (unpaired) electrons. The van der Waals surface area contributed by atoms with E-state index in [-0.39, 0.29) is 36.0 Å². The molecular weight excluding hydrogens is 411 g/mol. The Morgan fingerprint density at radius 2 is 2.00 bits per heavy atom. The van der Waals surface area contributed by atoms with Crippen molar-refractivity contribution in [1.82, 2.24) is 14.2 Å². The number of sulfonamides is 1. The van der Waals surface area contributed by atoms with E-state index in [1.54, 1.807) is 12.1 Å². The highest BCUT2D eigenvalue weighted by molar-refractivity contribution is 7.89. The number of carbonyl (C=O) groups excluding carboxylic acids is 2. The molecule has 1 aromatic carbocycles. The molecule has 0 saturated carbocycles. The Balaban J connectivity index is 1.51. The van der Waals surface area contributed by atoms with Crippen LogP contribution in [0.4, 0.5) is 4.39 Å². The molecule has 1 amide bonds. The van der Waals surface area contributed by atoms with E-state index in [1.165, 1.54) is 41.6 Å². The molecule has 3 atom stereocenters. The van der Waals surface area contributed by atoms with Crippen LogP contribution >= 0.6 is 0 Å². The van der Waals surface area contributed by atoms with Gasteiger partial charge in [0.1, 0.15) is 16.8 Å². The molecule has 30 heavy (non-hydrogen) atoms. The molecule has 2 saturated heterocycles. The van der Waals surface area contributed by atoms with Crippen LogP contribution in [-0.2, 0) is 26.0 Å². The summed E-state index contributed by atoms with van der Waals surface area (Å²) in [7, 11) is -3.90. The number of nitrogens with zero attached hydrogens (tertiary/aromatic N) is 3. The number of rotatable bonds is 5. The molecule has 0 bridgehead atoms. The van der Waals surface area contributed by atoms with Crippen LogP contribution in [0.5, 0.6) is 0 Å². The number of aromatic nitrogens is 1. The van der Waals surface area contributed by atoms with Crippen LogP contribution in [0.3, 0.4) is 0 Å². The van der Waals surface area contributed by atoms with Crippen LogP contribution in [0.15, 0.2) is 53.7 Å². The minimum Gasteiger partial charge on any atom is -0.330 e. The van der Waals surface area contributed by atoms with Crippen LogP contribution in [0.1, 0.15) is 12.0 Å². The largest absolute Gasteiger partial charge is 0.330 e. The van der Waals surface area contributed by atoms with Gasteiger partial charge in [-0.3, -0.25) is 14.6 Å². The molecule has 2 aliphatic heterocycles. The third kappa shape index (κ3) is 3.62. The standard InChI is InChI=1S/C20H21FN4O4S/c21-14-5-3-13(4-6-14)10-16(22)20(27)24-9-7-17-19(24)18(26)12-25(17)30(28,29)15-2-1-8-23-11-15/h1-6,8,11,16-17,19H,7,9-10,12,22H2. The summed E-state index contributed by atoms with van der Waals surface area (Å²) < 4.78 is 40.2. The summed E-state index contributed by atoms with van der Waals surface area (Å²) in [6, 6.07) is 6.26. The molecule has 2 fully saturated rings. The van der Waals surface area contributed by atoms with Crippen molar-refractivity contribution in [3.63, 3.8) is 0 Å². The number of ketones is 1. The molecule has 2 aromatic rings. The maximum absolute atomic E-state index is 13.1. The molecule has 0 aliphatic carbocycles. The van der Waals surface area contributed by atoms with Crippen molar-refractivity contribution in [1.29, 1.82) is 0 Å². The van der Waals surface area contributed by atoms with Gasteiger partial charge in [-0.15, -0.1) is 0 Å². The van der Waals surface area contributed by atoms with Gasteiger partial charge in [0.2, 0.25) is 15.9 Å². The van der Waals surface area contributed by atoms with Crippen molar-refractivity contribution in [3.05, 3.63) is 60.2 Å². The van der Waals surface area contributed by atoms with Gasteiger partial charge in [-0.2, -0.15) is 4.31 Å². The number of likely N-dealkylation sites (tertiary alicyclic amines) is 1. The summed E-state index contributed by atoms with van der Waals surface area (Å²) in [6.07, 6.45) is 3.25. The van der Waals surface area contributed by atoms with Gasteiger partial charge in [-0.05, 0) is 42.7 Å². The van der Waals surface area contributed by atoms with Gasteiger partial charge in [0.25, 0.3) is 0 Å². The zero-order chi connectivity index (χ0) is 21.5. The number of hydrogen-bond donors (Lipinski definition) is 1. The van der Waals surface area contributed by atoms with Crippen LogP contribution in [-0.4, -0.2) is 65.5 Å². The quantitative estimate of drug-likeness (QED) is 0.729. The monoisotopic (exact) mass is 432 g/mol. The van der Waals surface area contributed by atoms with Crippen molar-refractivity contribution in [3.8, 4) is 0 Å². The zero-order valence-corrected chi connectivity index (χ0v) is 16.8. The first-order valence-corrected chi connectivity index (χ1v) is 11.0. The molecule has 4 rings (SSSR count). The Morgan fingerprint density at radius 3 is 2.67 bits per heavy atom. The van der Waals surface area contributed by atoms with E-state index in [4.69, 9.17) is 5.73 Å². The van der Waals surface area contributed by atoms with Gasteiger partial charge >= 0.3 is 0 Å². The highest BCUT2D eigenvalue weighted by Crippen LogP contribution is 2.34. The van der Waals surface area contributed by atoms with Crippen LogP contribution in [0.25, 0.3) is 0 Å². The first kappa shape index (κ1) is 20.6. The molecular formula is C20H21FN4O4S. The van der Waals surface area contributed by atoms with Crippen LogP contribution < -0.4 is 5.73 Å². The molecule has 1 aromatic heterocycles. The topological polar surface area (TPSA) is 114 Å². The minimum atomic E-state index is -3.90. The maximum atomic E-state index is 13.1. The Kier molecular flexibility index (Phi) is 5.39. The minimum absolute atomic E-state index is 0.0104. The highest BCUT2D eigenvalue weighted by Gasteiger charge is 2.54. The highest BCUT2D eigenvalue weighted by atomic mass is 32.2. The van der Waals surface area contributed by atoms with E-state index in [1.807, 2.05) is 0 Å². The molecule has 3 heterocycles. The Labute approximate surface area is 173 Å². The van der Waals surface area contributed by atoms with Gasteiger partial charge < -0.3 is 10.6 Å². The molecule has 8 nitrogen and oxygen atoms in total. The third-order valence-corrected chi connectivity index (χ3v) is 7.44. The molecule has 158 valence electrons. The number of pyridine rings is 1. The maximum Gasteiger partial charge on any atom is 0.245 e. The fraction of sp³-hybridized carbons (Fsp3) is 0.350. The SMILES string of the molecule is NC(Cc1ccc(F)cc1)C(=O)N1CCC2C1C(=O)CN2S(=O)(=O)c1cccnc1. The average molecular weight is 432 g/mol. The first-order chi connectivity index (χ1) is 14.3. The summed E-state index contributed by atoms with van der Waals surface area (Å²) in [5.41, 5.74) is 6.77. The number of nitrogens with two attached hydrogens (primary N) is 1. The normalized spacial score (nSPS) is 22.9. The average Bonchev–Trinajstić information content (AvgIpc) is 3.31. The Hall–Kier alpha value is -2.69. The number of hydrogen-bond acceptors (Lipinski definition) is 6. The van der Waals surface area contributed by atoms with E-state index in [0.29, 0.717) is 12.0 Å². The predicted molar refractivity (Wildman–Crippen MR) is 105 cm³/mol. The fourth-order valence-corrected chi connectivity index (χ4v) is 5.74. The van der Waals surface area contributed by atoms with Gasteiger partial charge in [-0.1, -0.05) is 12.1 Å². The molecule has 2 N–H and O–H groups in total. The van der Waals surface area contributed by atoms with Crippen molar-refractivity contribution >= 4 is 21.7 Å². The lowest BCUT2D eigenvalue weighted by Gasteiger charge is -2.26. The first-order valence-electron chi connectivity index (χ1n) is 9.54. The second-order valence-corrected chi connectivity index (χ2v) is 9.37. The molecule has 3 unspecified atom stereocenters. The number of carbonyl (C=O) groups is 2. The van der Waals surface area contributed by atoms with Crippen LogP contribution in [0, 0.1) is 5.82 Å². The summed E-state index contributed by atoms with van der Waals surface area (Å²) in [5.74, 6) is -1.12. The summed E-state index contributed by atoms with van der Waals surface area (Å²) in [4.78, 5) is 30.8. The Morgan fingerprint density at radius 1 is 1.27 bits per heavy atom. The molecule has 0 spiro atoms. The van der Waals surface area contributed by atoms with E-state index in [2.05, 4.69) is 4.98 Å². The van der Waals surface area contributed by atoms with Crippen molar-refractivity contribution in [2.75, 3.05) is 13.1 Å². The Bertz CT molecular complexity index is 1060. The predicted octanol–water partition coefficient (Wildman–Crippen LogP) is 0.334. The van der Waals surface area contributed by atoms with Crippen molar-refractivity contribution < 1.29 is 22.4 Å². The lowest BCUT2D eigenvalue weighted by Crippen LogP contribution is -2.50. The number of Topliss-reactive ketones (excluding diaryl/α,β-unsaturated/α-hetero) is 1. The van der Waals surface area contributed by atoms with Gasteiger partial charge in [0, 0.05) is 18.9 Å². The van der Waals surface area contributed by atoms with Gasteiger partial charge in [0.15, 0.2) is 5.78 Å². The smallest absolute Gasteiger partial charge is 0.245 e. The molecule has 2 aliphatic rings. The van der Waals surface area contributed by atoms with E-state index >= 15 is 0 Å². The number of amides is 1. The zero-order valence-electron chi connectivity index (χ0n) is 16.0. The van der Waals surface area contributed by atoms with E-state index < -0.39 is 34.1 Å². The number of benzene rings is 1. The number of halogens is 1. The van der Waals surface area contributed by atoms with Crippen molar-refractivity contribution in [2.24, 2.45) is 5.73 Å². The lowest BCUT2D eigenvalue weighted by atomic mass is 10.0. The summed E-state index contributed by atoms with van der Waals surface area (Å²) >= 11 is 0. The summed E-state index contributed by atoms with van der Waals surface area (Å²) in [5, 5.41) is 0. The van der Waals surface area contributed by atoms with Crippen LogP contribution in [0.2, 0.25) is 0 Å². The molecule has 10 heteroatoms. The number of fused-ring (bicyclic) bond motifs is 1. The van der Waals surface area contributed by atoms with Crippen molar-refractivity contribution in [2.45, 2.75) is 35.9 Å².